The van der Waals surface area contributed by atoms with Gasteiger partial charge in [0.1, 0.15) is 0 Å². The van der Waals surface area contributed by atoms with Gasteiger partial charge in [-0.3, -0.25) is 9.59 Å². The molecular formula is C15H25NO4. The molecule has 3 unspecified atom stereocenters. The van der Waals surface area contributed by atoms with Crippen LogP contribution in [0, 0.1) is 11.3 Å². The zero-order valence-electron chi connectivity index (χ0n) is 12.4. The molecule has 2 aliphatic rings. The number of amides is 1. The highest BCUT2D eigenvalue weighted by Crippen LogP contribution is 2.36. The minimum atomic E-state index is -0.757. The molecule has 2 fully saturated rings. The number of carbonyl (C=O) groups is 2. The Balaban J connectivity index is 2.05. The molecule has 2 saturated heterocycles. The van der Waals surface area contributed by atoms with Crippen molar-refractivity contribution in [1.29, 1.82) is 0 Å². The van der Waals surface area contributed by atoms with E-state index < -0.39 is 11.4 Å². The lowest BCUT2D eigenvalue weighted by Gasteiger charge is -2.40. The van der Waals surface area contributed by atoms with Crippen molar-refractivity contribution in [2.75, 3.05) is 19.7 Å². The third kappa shape index (κ3) is 2.97. The molecule has 114 valence electrons. The summed E-state index contributed by atoms with van der Waals surface area (Å²) in [6.45, 7) is 5.49. The van der Waals surface area contributed by atoms with E-state index in [1.54, 1.807) is 4.90 Å². The second kappa shape index (κ2) is 6.12. The second-order valence-corrected chi connectivity index (χ2v) is 6.28. The first-order valence-corrected chi connectivity index (χ1v) is 7.62. The van der Waals surface area contributed by atoms with Gasteiger partial charge in [0.25, 0.3) is 0 Å². The molecule has 0 aromatic heterocycles. The van der Waals surface area contributed by atoms with Crippen molar-refractivity contribution in [1.82, 2.24) is 4.90 Å². The minimum Gasteiger partial charge on any atom is -0.481 e. The van der Waals surface area contributed by atoms with Gasteiger partial charge in [-0.1, -0.05) is 13.3 Å². The van der Waals surface area contributed by atoms with E-state index in [1.165, 1.54) is 0 Å². The van der Waals surface area contributed by atoms with E-state index in [1.807, 2.05) is 13.8 Å². The van der Waals surface area contributed by atoms with Gasteiger partial charge < -0.3 is 14.7 Å². The minimum absolute atomic E-state index is 0.0794. The van der Waals surface area contributed by atoms with E-state index in [2.05, 4.69) is 0 Å². The van der Waals surface area contributed by atoms with Crippen LogP contribution in [0.5, 0.6) is 0 Å². The first kappa shape index (κ1) is 15.3. The second-order valence-electron chi connectivity index (χ2n) is 6.28. The zero-order chi connectivity index (χ0) is 14.8. The average molecular weight is 283 g/mol. The van der Waals surface area contributed by atoms with Crippen LogP contribution in [0.2, 0.25) is 0 Å². The summed E-state index contributed by atoms with van der Waals surface area (Å²) in [4.78, 5) is 25.9. The number of hydrogen-bond donors (Lipinski definition) is 1. The van der Waals surface area contributed by atoms with Crippen molar-refractivity contribution in [2.24, 2.45) is 11.3 Å². The van der Waals surface area contributed by atoms with Gasteiger partial charge >= 0.3 is 5.97 Å². The number of rotatable bonds is 4. The molecule has 0 aliphatic carbocycles. The third-order valence-electron chi connectivity index (χ3n) is 4.62. The predicted molar refractivity (Wildman–Crippen MR) is 74.3 cm³/mol. The number of aliphatic carboxylic acids is 1. The molecule has 5 heteroatoms. The third-order valence-corrected chi connectivity index (χ3v) is 4.62. The Morgan fingerprint density at radius 3 is 2.75 bits per heavy atom. The van der Waals surface area contributed by atoms with E-state index in [-0.39, 0.29) is 17.9 Å². The van der Waals surface area contributed by atoms with E-state index in [0.717, 1.165) is 19.3 Å². The van der Waals surface area contributed by atoms with Crippen molar-refractivity contribution >= 4 is 11.9 Å². The molecule has 20 heavy (non-hydrogen) atoms. The summed E-state index contributed by atoms with van der Waals surface area (Å²) in [5.74, 6) is -0.764. The van der Waals surface area contributed by atoms with Crippen molar-refractivity contribution in [3.8, 4) is 0 Å². The molecule has 5 nitrogen and oxygen atoms in total. The molecule has 0 aromatic carbocycles. The number of piperidine rings is 1. The van der Waals surface area contributed by atoms with E-state index in [0.29, 0.717) is 32.5 Å². The lowest BCUT2D eigenvalue weighted by Crippen LogP contribution is -2.51. The van der Waals surface area contributed by atoms with Crippen LogP contribution in [-0.4, -0.2) is 47.7 Å². The predicted octanol–water partition coefficient (Wildman–Crippen LogP) is 1.90. The summed E-state index contributed by atoms with van der Waals surface area (Å²) in [6.07, 6.45) is 3.82. The quantitative estimate of drug-likeness (QED) is 0.855. The maximum atomic E-state index is 12.5. The molecular weight excluding hydrogens is 258 g/mol. The van der Waals surface area contributed by atoms with Gasteiger partial charge in [0.15, 0.2) is 0 Å². The number of carboxylic acid groups (broad SMARTS) is 1. The number of likely N-dealkylation sites (tertiary alicyclic amines) is 1. The van der Waals surface area contributed by atoms with Gasteiger partial charge in [-0.25, -0.2) is 0 Å². The van der Waals surface area contributed by atoms with Gasteiger partial charge in [0, 0.05) is 13.1 Å². The average Bonchev–Trinajstić information content (AvgIpc) is 2.85. The van der Waals surface area contributed by atoms with Gasteiger partial charge in [0.05, 0.1) is 24.0 Å². The molecule has 0 aromatic rings. The van der Waals surface area contributed by atoms with Gasteiger partial charge in [-0.05, 0) is 32.6 Å². The lowest BCUT2D eigenvalue weighted by molar-refractivity contribution is -0.156. The highest BCUT2D eigenvalue weighted by atomic mass is 16.5. The standard InChI is InChI=1S/C15H25NO4/c1-3-5-15(14(18)19)6-4-7-16(10-15)13(17)12-8-11(2)20-9-12/h11-12H,3-10H2,1-2H3,(H,18,19). The SMILES string of the molecule is CCCC1(C(=O)O)CCCN(C(=O)C2COC(C)C2)C1. The smallest absolute Gasteiger partial charge is 0.311 e. The van der Waals surface area contributed by atoms with Crippen LogP contribution in [0.3, 0.4) is 0 Å². The molecule has 2 heterocycles. The van der Waals surface area contributed by atoms with Crippen molar-refractivity contribution in [3.63, 3.8) is 0 Å². The van der Waals surface area contributed by atoms with Crippen molar-refractivity contribution in [2.45, 2.75) is 52.1 Å². The van der Waals surface area contributed by atoms with Crippen LogP contribution in [0.1, 0.15) is 46.0 Å². The Hall–Kier alpha value is -1.10. The van der Waals surface area contributed by atoms with Gasteiger partial charge in [-0.15, -0.1) is 0 Å². The molecule has 0 saturated carbocycles. The summed E-state index contributed by atoms with van der Waals surface area (Å²) >= 11 is 0. The molecule has 2 aliphatic heterocycles. The van der Waals surface area contributed by atoms with Crippen LogP contribution in [-0.2, 0) is 14.3 Å². The normalized spacial score (nSPS) is 34.2. The van der Waals surface area contributed by atoms with Gasteiger partial charge in [0.2, 0.25) is 5.91 Å². The van der Waals surface area contributed by atoms with Crippen LogP contribution < -0.4 is 0 Å². The summed E-state index contributed by atoms with van der Waals surface area (Å²) in [5.41, 5.74) is -0.742. The van der Waals surface area contributed by atoms with E-state index in [9.17, 15) is 14.7 Å². The van der Waals surface area contributed by atoms with Crippen molar-refractivity contribution < 1.29 is 19.4 Å². The van der Waals surface area contributed by atoms with E-state index in [4.69, 9.17) is 4.74 Å². The van der Waals surface area contributed by atoms with Crippen LogP contribution >= 0.6 is 0 Å². The fraction of sp³-hybridized carbons (Fsp3) is 0.867. The molecule has 0 bridgehead atoms. The Labute approximate surface area is 120 Å². The largest absolute Gasteiger partial charge is 0.481 e. The number of carbonyl (C=O) groups excluding carboxylic acids is 1. The van der Waals surface area contributed by atoms with Gasteiger partial charge in [-0.2, -0.15) is 0 Å². The highest BCUT2D eigenvalue weighted by molar-refractivity contribution is 5.81. The molecule has 3 atom stereocenters. The Morgan fingerprint density at radius 1 is 1.45 bits per heavy atom. The number of ether oxygens (including phenoxy) is 1. The Morgan fingerprint density at radius 2 is 2.20 bits per heavy atom. The maximum Gasteiger partial charge on any atom is 0.311 e. The summed E-state index contributed by atoms with van der Waals surface area (Å²) < 4.78 is 5.46. The number of hydrogen-bond acceptors (Lipinski definition) is 3. The molecule has 1 amide bonds. The Kier molecular flexibility index (Phi) is 4.68. The van der Waals surface area contributed by atoms with Crippen LogP contribution in [0.15, 0.2) is 0 Å². The monoisotopic (exact) mass is 283 g/mol. The zero-order valence-corrected chi connectivity index (χ0v) is 12.4. The fourth-order valence-corrected chi connectivity index (χ4v) is 3.53. The fourth-order valence-electron chi connectivity index (χ4n) is 3.53. The highest BCUT2D eigenvalue weighted by Gasteiger charge is 2.44. The molecule has 1 N–H and O–H groups in total. The number of nitrogens with zero attached hydrogens (tertiary/aromatic N) is 1. The van der Waals surface area contributed by atoms with Crippen molar-refractivity contribution in [3.05, 3.63) is 0 Å². The first-order chi connectivity index (χ1) is 9.48. The summed E-state index contributed by atoms with van der Waals surface area (Å²) in [6, 6.07) is 0. The number of carboxylic acids is 1. The topological polar surface area (TPSA) is 66.8 Å². The molecule has 0 spiro atoms. The summed E-state index contributed by atoms with van der Waals surface area (Å²) in [7, 11) is 0. The lowest BCUT2D eigenvalue weighted by atomic mass is 9.76. The molecule has 2 rings (SSSR count). The summed E-state index contributed by atoms with van der Waals surface area (Å²) in [5, 5.41) is 9.56. The maximum absolute atomic E-state index is 12.5. The Bertz CT molecular complexity index is 380. The molecule has 0 radical (unpaired) electrons. The van der Waals surface area contributed by atoms with E-state index >= 15 is 0 Å². The van der Waals surface area contributed by atoms with Crippen LogP contribution in [0.4, 0.5) is 0 Å². The first-order valence-electron chi connectivity index (χ1n) is 7.62. The van der Waals surface area contributed by atoms with Crippen LogP contribution in [0.25, 0.3) is 0 Å².